The van der Waals surface area contributed by atoms with Crippen LogP contribution in [0.25, 0.3) is 11.1 Å². The Labute approximate surface area is 256 Å². The van der Waals surface area contributed by atoms with Gasteiger partial charge in [-0.25, -0.2) is 0 Å². The Morgan fingerprint density at radius 3 is 1.14 bits per heavy atom. The highest BCUT2D eigenvalue weighted by molar-refractivity contribution is 7.27. The summed E-state index contributed by atoms with van der Waals surface area (Å²) in [5.74, 6) is 3.25. The number of rotatable bonds is 9. The van der Waals surface area contributed by atoms with Gasteiger partial charge in [0, 0.05) is 11.1 Å². The van der Waals surface area contributed by atoms with E-state index >= 15 is 0 Å². The molecule has 2 unspecified atom stereocenters. The fraction of sp³-hybridized carbons (Fsp3) is 0.333. The third-order valence-corrected chi connectivity index (χ3v) is 8.53. The minimum Gasteiger partial charge on any atom is -0.440 e. The zero-order chi connectivity index (χ0) is 30.7. The molecule has 4 aromatic rings. The molecular weight excluding hydrogens is 558 g/mol. The smallest absolute Gasteiger partial charge is 0.275 e. The van der Waals surface area contributed by atoms with Gasteiger partial charge in [0.1, 0.15) is 23.0 Å². The second-order valence-electron chi connectivity index (χ2n) is 12.9. The molecule has 4 nitrogen and oxygen atoms in total. The summed E-state index contributed by atoms with van der Waals surface area (Å²) in [4.78, 5) is 0. The minimum absolute atomic E-state index is 0.0502. The van der Waals surface area contributed by atoms with E-state index in [1.807, 2.05) is 62.4 Å². The highest BCUT2D eigenvalue weighted by Gasteiger charge is 2.25. The standard InChI is InChI=1S/C36H44O4P2/c1-23-15-11-13-17-31(23)37-41-39-33-25(3)19-27(35(5,6)7)21-29(33)30-22-28(36(8,9)10)20-26(4)34(30)40-42-38-32-18-14-12-16-24(32)2/h11-22,41-42H,1-10H3. The molecule has 0 spiro atoms. The van der Waals surface area contributed by atoms with Crippen LogP contribution in [0.3, 0.4) is 0 Å². The highest BCUT2D eigenvalue weighted by atomic mass is 31.1. The molecule has 2 atom stereocenters. The lowest BCUT2D eigenvalue weighted by Crippen LogP contribution is -2.13. The van der Waals surface area contributed by atoms with Gasteiger partial charge >= 0.3 is 0 Å². The van der Waals surface area contributed by atoms with Gasteiger partial charge in [-0.15, -0.1) is 0 Å². The van der Waals surface area contributed by atoms with Gasteiger partial charge in [0.15, 0.2) is 0 Å². The molecule has 0 N–H and O–H groups in total. The van der Waals surface area contributed by atoms with Crippen LogP contribution in [0.5, 0.6) is 23.0 Å². The number of hydrogen-bond donors (Lipinski definition) is 0. The van der Waals surface area contributed by atoms with E-state index in [1.54, 1.807) is 0 Å². The van der Waals surface area contributed by atoms with Crippen LogP contribution in [0.2, 0.25) is 0 Å². The van der Waals surface area contributed by atoms with Crippen LogP contribution in [-0.4, -0.2) is 0 Å². The zero-order valence-corrected chi connectivity index (χ0v) is 28.6. The summed E-state index contributed by atoms with van der Waals surface area (Å²) in [6.45, 7) is 21.7. The monoisotopic (exact) mass is 602 g/mol. The van der Waals surface area contributed by atoms with Gasteiger partial charge in [-0.05, 0) is 96.2 Å². The molecule has 0 fully saturated rings. The van der Waals surface area contributed by atoms with Crippen molar-refractivity contribution in [1.29, 1.82) is 0 Å². The van der Waals surface area contributed by atoms with Crippen LogP contribution >= 0.6 is 18.1 Å². The molecule has 0 aliphatic rings. The van der Waals surface area contributed by atoms with Crippen molar-refractivity contribution in [2.75, 3.05) is 0 Å². The molecule has 6 heteroatoms. The van der Waals surface area contributed by atoms with Crippen LogP contribution in [0, 0.1) is 27.7 Å². The SMILES string of the molecule is Cc1ccccc1OPOc1c(C)cc(C(C)(C)C)cc1-c1cc(C(C)(C)C)cc(C)c1OPOc1ccccc1C. The first-order valence-corrected chi connectivity index (χ1v) is 16.0. The van der Waals surface area contributed by atoms with E-state index in [0.717, 1.165) is 56.4 Å². The molecular formula is C36H44O4P2. The quantitative estimate of drug-likeness (QED) is 0.179. The number of para-hydroxylation sites is 2. The van der Waals surface area contributed by atoms with Crippen molar-refractivity contribution in [3.8, 4) is 34.1 Å². The van der Waals surface area contributed by atoms with E-state index in [4.69, 9.17) is 18.1 Å². The van der Waals surface area contributed by atoms with Crippen molar-refractivity contribution >= 4 is 18.1 Å². The van der Waals surface area contributed by atoms with E-state index in [2.05, 4.69) is 79.7 Å². The van der Waals surface area contributed by atoms with Gasteiger partial charge in [0.2, 0.25) is 0 Å². The van der Waals surface area contributed by atoms with Crippen molar-refractivity contribution in [3.63, 3.8) is 0 Å². The van der Waals surface area contributed by atoms with E-state index in [-0.39, 0.29) is 28.9 Å². The third kappa shape index (κ3) is 7.66. The number of aryl methyl sites for hydroxylation is 4. The molecule has 0 saturated carbocycles. The first-order valence-electron chi connectivity index (χ1n) is 14.3. The largest absolute Gasteiger partial charge is 0.440 e. The summed E-state index contributed by atoms with van der Waals surface area (Å²) in [6, 6.07) is 24.9. The molecule has 4 aromatic carbocycles. The maximum atomic E-state index is 6.48. The molecule has 4 rings (SSSR count). The van der Waals surface area contributed by atoms with Crippen LogP contribution in [0.1, 0.15) is 74.9 Å². The lowest BCUT2D eigenvalue weighted by Gasteiger charge is -2.26. The first kappa shape index (κ1) is 31.9. The Morgan fingerprint density at radius 1 is 0.452 bits per heavy atom. The van der Waals surface area contributed by atoms with E-state index in [1.165, 1.54) is 11.1 Å². The van der Waals surface area contributed by atoms with Crippen molar-refractivity contribution < 1.29 is 18.1 Å². The molecule has 0 aliphatic carbocycles. The number of hydrogen-bond acceptors (Lipinski definition) is 4. The summed E-state index contributed by atoms with van der Waals surface area (Å²) in [6.07, 6.45) is 0. The summed E-state index contributed by atoms with van der Waals surface area (Å²) in [5.41, 5.74) is 8.61. The second-order valence-corrected chi connectivity index (χ2v) is 14.1. The molecule has 0 radical (unpaired) electrons. The zero-order valence-electron chi connectivity index (χ0n) is 26.6. The Bertz CT molecular complexity index is 1430. The molecule has 0 aromatic heterocycles. The predicted octanol–water partition coefficient (Wildman–Crippen LogP) is 11.1. The second kappa shape index (κ2) is 13.1. The fourth-order valence-electron chi connectivity index (χ4n) is 4.64. The first-order chi connectivity index (χ1) is 19.8. The Kier molecular flexibility index (Phi) is 9.92. The normalized spacial score (nSPS) is 12.3. The summed E-state index contributed by atoms with van der Waals surface area (Å²) in [5, 5.41) is 0. The average Bonchev–Trinajstić information content (AvgIpc) is 2.91. The lowest BCUT2D eigenvalue weighted by molar-refractivity contribution is 0.506. The highest BCUT2D eigenvalue weighted by Crippen LogP contribution is 2.47. The van der Waals surface area contributed by atoms with Crippen molar-refractivity contribution in [3.05, 3.63) is 106 Å². The molecule has 42 heavy (non-hydrogen) atoms. The predicted molar refractivity (Wildman–Crippen MR) is 180 cm³/mol. The maximum absolute atomic E-state index is 6.48. The van der Waals surface area contributed by atoms with Gasteiger partial charge < -0.3 is 18.1 Å². The van der Waals surface area contributed by atoms with Crippen LogP contribution < -0.4 is 18.1 Å². The fourth-order valence-corrected chi connectivity index (χ4v) is 6.07. The summed E-state index contributed by atoms with van der Waals surface area (Å²) in [7, 11) is -0.396. The van der Waals surface area contributed by atoms with Gasteiger partial charge in [-0.1, -0.05) is 90.1 Å². The Morgan fingerprint density at radius 2 is 0.810 bits per heavy atom. The van der Waals surface area contributed by atoms with Crippen LogP contribution in [0.4, 0.5) is 0 Å². The van der Waals surface area contributed by atoms with Crippen LogP contribution in [-0.2, 0) is 10.8 Å². The average molecular weight is 603 g/mol. The van der Waals surface area contributed by atoms with Crippen LogP contribution in [0.15, 0.2) is 72.8 Å². The number of benzene rings is 4. The Hall–Kier alpha value is -3.06. The molecule has 0 heterocycles. The topological polar surface area (TPSA) is 36.9 Å². The van der Waals surface area contributed by atoms with Gasteiger partial charge in [0.05, 0.1) is 0 Å². The third-order valence-electron chi connectivity index (χ3n) is 7.35. The van der Waals surface area contributed by atoms with Gasteiger partial charge in [-0.2, -0.15) is 0 Å². The lowest BCUT2D eigenvalue weighted by atomic mass is 9.81. The summed E-state index contributed by atoms with van der Waals surface area (Å²) < 4.78 is 25.2. The van der Waals surface area contributed by atoms with Crippen molar-refractivity contribution in [1.82, 2.24) is 0 Å². The molecule has 0 aliphatic heterocycles. The Balaban J connectivity index is 1.80. The van der Waals surface area contributed by atoms with E-state index < -0.39 is 0 Å². The molecule has 0 saturated heterocycles. The molecule has 222 valence electrons. The minimum atomic E-state index is -0.198. The molecule has 0 bridgehead atoms. The van der Waals surface area contributed by atoms with Gasteiger partial charge in [0.25, 0.3) is 18.1 Å². The van der Waals surface area contributed by atoms with E-state index in [9.17, 15) is 0 Å². The molecule has 0 amide bonds. The van der Waals surface area contributed by atoms with Crippen molar-refractivity contribution in [2.45, 2.75) is 80.1 Å². The van der Waals surface area contributed by atoms with Gasteiger partial charge in [-0.3, -0.25) is 0 Å². The maximum Gasteiger partial charge on any atom is 0.275 e. The van der Waals surface area contributed by atoms with Crippen molar-refractivity contribution in [2.24, 2.45) is 0 Å². The van der Waals surface area contributed by atoms with E-state index in [0.29, 0.717) is 0 Å². The summed E-state index contributed by atoms with van der Waals surface area (Å²) >= 11 is 0.